The van der Waals surface area contributed by atoms with Crippen molar-refractivity contribution >= 4 is 30.0 Å². The van der Waals surface area contributed by atoms with E-state index in [0.717, 1.165) is 61.1 Å². The van der Waals surface area contributed by atoms with Crippen molar-refractivity contribution in [3.05, 3.63) is 58.7 Å². The highest BCUT2D eigenvalue weighted by Gasteiger charge is 2.47. The number of likely N-dealkylation sites (tertiary alicyclic amines) is 1. The minimum Gasteiger partial charge on any atom is -0.444 e. The first-order valence-electron chi connectivity index (χ1n) is 13.9. The van der Waals surface area contributed by atoms with E-state index in [-0.39, 0.29) is 18.2 Å². The van der Waals surface area contributed by atoms with Crippen LogP contribution in [-0.4, -0.2) is 79.5 Å². The van der Waals surface area contributed by atoms with Gasteiger partial charge in [0, 0.05) is 66.8 Å². The summed E-state index contributed by atoms with van der Waals surface area (Å²) in [6.45, 7) is 13.3. The Bertz CT molecular complexity index is 1260. The van der Waals surface area contributed by atoms with Crippen molar-refractivity contribution in [2.24, 2.45) is 0 Å². The van der Waals surface area contributed by atoms with Crippen LogP contribution in [0.4, 0.5) is 16.2 Å². The second-order valence-corrected chi connectivity index (χ2v) is 12.3. The summed E-state index contributed by atoms with van der Waals surface area (Å²) in [6.07, 6.45) is 3.79. The highest BCUT2D eigenvalue weighted by atomic mass is 16.6. The molecule has 0 saturated carbocycles. The Morgan fingerprint density at radius 2 is 1.44 bits per heavy atom. The largest absolute Gasteiger partial charge is 0.444 e. The number of hydrogen-bond donors (Lipinski definition) is 1. The average molecular weight is 533 g/mol. The van der Waals surface area contributed by atoms with Crippen molar-refractivity contribution < 1.29 is 19.1 Å². The molecule has 4 heterocycles. The smallest absolute Gasteiger partial charge is 0.410 e. The minimum absolute atomic E-state index is 0.162. The summed E-state index contributed by atoms with van der Waals surface area (Å²) in [6, 6.07) is 13.5. The number of aryl methyl sites for hydroxylation is 2. The number of amides is 1. The fourth-order valence-electron chi connectivity index (χ4n) is 6.37. The van der Waals surface area contributed by atoms with E-state index in [1.54, 1.807) is 0 Å². The quantitative estimate of drug-likeness (QED) is 0.586. The van der Waals surface area contributed by atoms with Crippen molar-refractivity contribution in [3.8, 4) is 0 Å². The number of piperazine rings is 2. The number of ether oxygens (including phenoxy) is 1. The van der Waals surface area contributed by atoms with Gasteiger partial charge in [-0.2, -0.15) is 0 Å². The lowest BCUT2D eigenvalue weighted by atomic mass is 10.1. The molecule has 0 aromatic heterocycles. The Kier molecular flexibility index (Phi) is 7.42. The van der Waals surface area contributed by atoms with Crippen LogP contribution in [0.3, 0.4) is 0 Å². The number of rotatable bonds is 4. The van der Waals surface area contributed by atoms with Crippen LogP contribution in [0.5, 0.6) is 0 Å². The van der Waals surface area contributed by atoms with Crippen molar-refractivity contribution in [1.82, 2.24) is 10.2 Å². The zero-order valence-corrected chi connectivity index (χ0v) is 23.6. The summed E-state index contributed by atoms with van der Waals surface area (Å²) in [5.74, 6) is 0. The Morgan fingerprint density at radius 3 is 1.87 bits per heavy atom. The first-order chi connectivity index (χ1) is 18.6. The molecule has 0 spiro atoms. The third-order valence-electron chi connectivity index (χ3n) is 8.17. The zero-order valence-electron chi connectivity index (χ0n) is 23.6. The van der Waals surface area contributed by atoms with Crippen LogP contribution in [0.15, 0.2) is 36.4 Å². The Balaban J connectivity index is 0.000000168. The van der Waals surface area contributed by atoms with E-state index < -0.39 is 5.60 Å². The molecular weight excluding hydrogens is 492 g/mol. The normalized spacial score (nSPS) is 25.0. The zero-order chi connectivity index (χ0) is 27.9. The van der Waals surface area contributed by atoms with E-state index in [1.807, 2.05) is 56.9 Å². The van der Waals surface area contributed by atoms with Crippen LogP contribution >= 0.6 is 0 Å². The third-order valence-corrected chi connectivity index (χ3v) is 8.17. The maximum absolute atomic E-state index is 12.3. The van der Waals surface area contributed by atoms with Crippen molar-refractivity contribution in [3.63, 3.8) is 0 Å². The molecule has 4 fully saturated rings. The highest BCUT2D eigenvalue weighted by molar-refractivity contribution is 5.86. The molecule has 4 saturated heterocycles. The number of aldehydes is 2. The average Bonchev–Trinajstić information content (AvgIpc) is 3.69. The van der Waals surface area contributed by atoms with Crippen LogP contribution in [0, 0.1) is 13.8 Å². The Hall–Kier alpha value is -3.39. The number of anilines is 2. The molecule has 1 N–H and O–H groups in total. The van der Waals surface area contributed by atoms with E-state index in [9.17, 15) is 14.4 Å². The molecule has 4 aliphatic heterocycles. The van der Waals surface area contributed by atoms with E-state index in [0.29, 0.717) is 24.2 Å². The van der Waals surface area contributed by atoms with Gasteiger partial charge >= 0.3 is 6.09 Å². The first-order valence-corrected chi connectivity index (χ1v) is 13.9. The van der Waals surface area contributed by atoms with Gasteiger partial charge in [0.25, 0.3) is 0 Å². The molecule has 4 aliphatic rings. The van der Waals surface area contributed by atoms with Gasteiger partial charge in [0.1, 0.15) is 5.60 Å². The van der Waals surface area contributed by atoms with Crippen molar-refractivity contribution in [2.75, 3.05) is 36.0 Å². The molecule has 2 aromatic rings. The topological polar surface area (TPSA) is 82.2 Å². The molecule has 208 valence electrons. The number of nitrogens with one attached hydrogen (secondary N) is 1. The van der Waals surface area contributed by atoms with Gasteiger partial charge in [0.2, 0.25) is 0 Å². The first kappa shape index (κ1) is 27.2. The lowest BCUT2D eigenvalue weighted by Crippen LogP contribution is -2.50. The van der Waals surface area contributed by atoms with E-state index in [4.69, 9.17) is 4.74 Å². The molecule has 8 nitrogen and oxygen atoms in total. The van der Waals surface area contributed by atoms with Gasteiger partial charge < -0.3 is 24.8 Å². The summed E-state index contributed by atoms with van der Waals surface area (Å²) in [5, 5.41) is 3.48. The third kappa shape index (κ3) is 5.66. The van der Waals surface area contributed by atoms with Crippen LogP contribution in [-0.2, 0) is 4.74 Å². The number of benzene rings is 2. The predicted octanol–water partition coefficient (Wildman–Crippen LogP) is 4.36. The van der Waals surface area contributed by atoms with Crippen LogP contribution < -0.4 is 15.1 Å². The predicted molar refractivity (Wildman–Crippen MR) is 153 cm³/mol. The number of nitrogens with zero attached hydrogens (tertiary/aromatic N) is 3. The van der Waals surface area contributed by atoms with Crippen LogP contribution in [0.2, 0.25) is 0 Å². The second-order valence-electron chi connectivity index (χ2n) is 12.3. The lowest BCUT2D eigenvalue weighted by molar-refractivity contribution is 0.0214. The fraction of sp³-hybridized carbons (Fsp3) is 0.516. The van der Waals surface area contributed by atoms with E-state index >= 15 is 0 Å². The number of carbonyl (C=O) groups excluding carboxylic acids is 3. The second kappa shape index (κ2) is 10.6. The standard InChI is InChI=1S/C18H24N2O3.C13H16N2O/c1-12-5-6-13(11-21)16(7-12)19-9-15-8-14(19)10-20(15)17(22)23-18(2,3)4;1-9-2-3-10(8-16)13(4-9)15-7-11-5-12(15)6-14-11/h5-7,11,14-15H,8-10H2,1-4H3;2-4,8,11-12,14H,5-7H2,1H3. The van der Waals surface area contributed by atoms with E-state index in [1.165, 1.54) is 12.0 Å². The summed E-state index contributed by atoms with van der Waals surface area (Å²) < 4.78 is 5.49. The summed E-state index contributed by atoms with van der Waals surface area (Å²) in [4.78, 5) is 41.2. The maximum Gasteiger partial charge on any atom is 0.410 e. The number of fused-ring (bicyclic) bond motifs is 4. The molecule has 4 bridgehead atoms. The molecule has 0 radical (unpaired) electrons. The number of carbonyl (C=O) groups is 3. The monoisotopic (exact) mass is 532 g/mol. The van der Waals surface area contributed by atoms with Gasteiger partial charge in [0.05, 0.1) is 6.04 Å². The summed E-state index contributed by atoms with van der Waals surface area (Å²) in [5.41, 5.74) is 5.51. The molecule has 8 heteroatoms. The van der Waals surface area contributed by atoms with Gasteiger partial charge in [-0.05, 0) is 82.9 Å². The van der Waals surface area contributed by atoms with E-state index in [2.05, 4.69) is 34.2 Å². The minimum atomic E-state index is -0.472. The molecule has 4 atom stereocenters. The van der Waals surface area contributed by atoms with Crippen molar-refractivity contribution in [1.29, 1.82) is 0 Å². The Morgan fingerprint density at radius 1 is 0.846 bits per heavy atom. The number of hydrogen-bond acceptors (Lipinski definition) is 7. The molecule has 39 heavy (non-hydrogen) atoms. The lowest BCUT2D eigenvalue weighted by Gasteiger charge is -2.36. The van der Waals surface area contributed by atoms with Gasteiger partial charge in [0.15, 0.2) is 12.6 Å². The van der Waals surface area contributed by atoms with Crippen LogP contribution in [0.25, 0.3) is 0 Å². The van der Waals surface area contributed by atoms with Gasteiger partial charge in [-0.15, -0.1) is 0 Å². The molecule has 2 aromatic carbocycles. The van der Waals surface area contributed by atoms with Crippen molar-refractivity contribution in [2.45, 2.75) is 77.2 Å². The highest BCUT2D eigenvalue weighted by Crippen LogP contribution is 2.37. The Labute approximate surface area is 231 Å². The maximum atomic E-state index is 12.3. The molecule has 6 rings (SSSR count). The van der Waals surface area contributed by atoms with Gasteiger partial charge in [-0.1, -0.05) is 12.1 Å². The van der Waals surface area contributed by atoms with Gasteiger partial charge in [-0.25, -0.2) is 4.79 Å². The summed E-state index contributed by atoms with van der Waals surface area (Å²) >= 11 is 0. The van der Waals surface area contributed by atoms with Crippen LogP contribution in [0.1, 0.15) is 65.5 Å². The fourth-order valence-corrected chi connectivity index (χ4v) is 6.37. The molecule has 1 amide bonds. The molecule has 4 unspecified atom stereocenters. The molecule has 0 aliphatic carbocycles. The summed E-state index contributed by atoms with van der Waals surface area (Å²) in [7, 11) is 0. The van der Waals surface area contributed by atoms with Gasteiger partial charge in [-0.3, -0.25) is 9.59 Å². The SMILES string of the molecule is Cc1ccc(C=O)c(N2CC3CC2CN3)c1.Cc1ccc(C=O)c(N2CC3CC2CN3C(=O)OC(C)(C)C)c1. The molecular formula is C31H40N4O4.